The number of aromatic nitrogens is 3. The highest BCUT2D eigenvalue weighted by atomic mass is 32.1. The summed E-state index contributed by atoms with van der Waals surface area (Å²) in [5.41, 5.74) is 0.515. The van der Waals surface area contributed by atoms with Gasteiger partial charge in [0.2, 0.25) is 0 Å². The number of hydrogen-bond acceptors (Lipinski definition) is 6. The summed E-state index contributed by atoms with van der Waals surface area (Å²) < 4.78 is 0. The van der Waals surface area contributed by atoms with Crippen LogP contribution in [0.5, 0.6) is 0 Å². The molecule has 2 aromatic heterocycles. The van der Waals surface area contributed by atoms with Crippen LogP contribution in [0.25, 0.3) is 10.8 Å². The van der Waals surface area contributed by atoms with Crippen molar-refractivity contribution in [2.75, 3.05) is 26.2 Å². The Kier molecular flexibility index (Phi) is 4.05. The van der Waals surface area contributed by atoms with Gasteiger partial charge in [-0.1, -0.05) is 6.42 Å². The molecule has 0 aromatic carbocycles. The monoisotopic (exact) mass is 329 g/mol. The number of hydrogen-bond donors (Lipinski definition) is 0. The zero-order chi connectivity index (χ0) is 15.6. The Bertz CT molecular complexity index is 689. The highest BCUT2D eigenvalue weighted by Gasteiger charge is 2.32. The maximum atomic E-state index is 12.7. The van der Waals surface area contributed by atoms with Gasteiger partial charge in [0, 0.05) is 43.4 Å². The molecule has 6 nitrogen and oxygen atoms in total. The molecule has 2 saturated heterocycles. The first-order chi connectivity index (χ1) is 11.3. The predicted molar refractivity (Wildman–Crippen MR) is 88.3 cm³/mol. The standard InChI is InChI=1S/C16H19N5OS/c22-16(21-9-8-20-7-2-1-4-12(20)10-21)13-11-23-15(19-13)14-17-5-3-6-18-14/h3,5-6,11-12H,1-2,4,7-10H2/t12-/m0/s1. The molecule has 0 aliphatic carbocycles. The Balaban J connectivity index is 1.48. The average molecular weight is 329 g/mol. The van der Waals surface area contributed by atoms with Gasteiger partial charge in [-0.15, -0.1) is 11.3 Å². The maximum Gasteiger partial charge on any atom is 0.273 e. The van der Waals surface area contributed by atoms with E-state index >= 15 is 0 Å². The third-order valence-corrected chi connectivity index (χ3v) is 5.44. The van der Waals surface area contributed by atoms with Crippen LogP contribution in [-0.4, -0.2) is 62.9 Å². The topological polar surface area (TPSA) is 62.2 Å². The van der Waals surface area contributed by atoms with Gasteiger partial charge in [0.1, 0.15) is 5.69 Å². The second-order valence-electron chi connectivity index (χ2n) is 6.05. The van der Waals surface area contributed by atoms with E-state index in [9.17, 15) is 4.79 Å². The summed E-state index contributed by atoms with van der Waals surface area (Å²) >= 11 is 1.42. The molecule has 0 spiro atoms. The summed E-state index contributed by atoms with van der Waals surface area (Å²) in [6.45, 7) is 3.78. The second kappa shape index (κ2) is 6.33. The van der Waals surface area contributed by atoms with Gasteiger partial charge >= 0.3 is 0 Å². The molecule has 0 radical (unpaired) electrons. The van der Waals surface area contributed by atoms with Crippen molar-refractivity contribution in [3.8, 4) is 10.8 Å². The molecule has 0 bridgehead atoms. The molecule has 2 aromatic rings. The van der Waals surface area contributed by atoms with Crippen molar-refractivity contribution in [1.29, 1.82) is 0 Å². The number of carbonyl (C=O) groups excluding carboxylic acids is 1. The third kappa shape index (κ3) is 2.98. The summed E-state index contributed by atoms with van der Waals surface area (Å²) in [5, 5.41) is 2.52. The Morgan fingerprint density at radius 2 is 2.04 bits per heavy atom. The van der Waals surface area contributed by atoms with Gasteiger partial charge in [-0.3, -0.25) is 9.69 Å². The van der Waals surface area contributed by atoms with Crippen LogP contribution in [0.1, 0.15) is 29.8 Å². The molecule has 1 atom stereocenters. The molecule has 1 amide bonds. The Hall–Kier alpha value is -1.86. The Morgan fingerprint density at radius 1 is 1.17 bits per heavy atom. The van der Waals surface area contributed by atoms with E-state index in [2.05, 4.69) is 19.9 Å². The normalized spacial score (nSPS) is 21.9. The minimum Gasteiger partial charge on any atom is -0.334 e. The van der Waals surface area contributed by atoms with Crippen molar-refractivity contribution in [2.45, 2.75) is 25.3 Å². The minimum atomic E-state index is 0.0358. The van der Waals surface area contributed by atoms with Crippen LogP contribution in [-0.2, 0) is 0 Å². The third-order valence-electron chi connectivity index (χ3n) is 4.60. The van der Waals surface area contributed by atoms with Gasteiger partial charge in [-0.2, -0.15) is 0 Å². The molecule has 2 fully saturated rings. The smallest absolute Gasteiger partial charge is 0.273 e. The number of thiazole rings is 1. The lowest BCUT2D eigenvalue weighted by molar-refractivity contribution is 0.0369. The zero-order valence-corrected chi connectivity index (χ0v) is 13.7. The van der Waals surface area contributed by atoms with Crippen molar-refractivity contribution in [3.63, 3.8) is 0 Å². The molecule has 4 heterocycles. The number of amides is 1. The predicted octanol–water partition coefficient (Wildman–Crippen LogP) is 1.91. The maximum absolute atomic E-state index is 12.7. The zero-order valence-electron chi connectivity index (χ0n) is 12.9. The van der Waals surface area contributed by atoms with E-state index in [0.29, 0.717) is 22.6 Å². The lowest BCUT2D eigenvalue weighted by Gasteiger charge is -2.43. The molecule has 2 aliphatic heterocycles. The number of rotatable bonds is 2. The van der Waals surface area contributed by atoms with Crippen molar-refractivity contribution < 1.29 is 4.79 Å². The van der Waals surface area contributed by atoms with Crippen molar-refractivity contribution in [3.05, 3.63) is 29.5 Å². The van der Waals surface area contributed by atoms with Gasteiger partial charge in [-0.25, -0.2) is 15.0 Å². The Morgan fingerprint density at radius 3 is 2.91 bits per heavy atom. The summed E-state index contributed by atoms with van der Waals surface area (Å²) in [5.74, 6) is 0.613. The molecule has 7 heteroatoms. The van der Waals surface area contributed by atoms with Gasteiger partial charge in [0.15, 0.2) is 10.8 Å². The minimum absolute atomic E-state index is 0.0358. The van der Waals surface area contributed by atoms with Crippen molar-refractivity contribution in [1.82, 2.24) is 24.8 Å². The van der Waals surface area contributed by atoms with E-state index in [-0.39, 0.29) is 5.91 Å². The number of carbonyl (C=O) groups is 1. The van der Waals surface area contributed by atoms with E-state index in [1.807, 2.05) is 10.3 Å². The van der Waals surface area contributed by atoms with Gasteiger partial charge in [-0.05, 0) is 25.5 Å². The van der Waals surface area contributed by atoms with Crippen molar-refractivity contribution >= 4 is 17.2 Å². The number of piperazine rings is 1. The molecule has 0 saturated carbocycles. The van der Waals surface area contributed by atoms with Crippen LogP contribution < -0.4 is 0 Å². The lowest BCUT2D eigenvalue weighted by Crippen LogP contribution is -2.56. The van der Waals surface area contributed by atoms with Crippen LogP contribution >= 0.6 is 11.3 Å². The van der Waals surface area contributed by atoms with E-state index in [1.165, 1.54) is 37.1 Å². The van der Waals surface area contributed by atoms with E-state index in [0.717, 1.165) is 19.6 Å². The molecule has 4 rings (SSSR count). The molecule has 0 unspecified atom stereocenters. The number of piperidine rings is 1. The first-order valence-corrected chi connectivity index (χ1v) is 8.95. The summed E-state index contributed by atoms with van der Waals surface area (Å²) in [4.78, 5) is 30.0. The van der Waals surface area contributed by atoms with Gasteiger partial charge in [0.25, 0.3) is 5.91 Å². The largest absolute Gasteiger partial charge is 0.334 e. The van der Waals surface area contributed by atoms with E-state index in [1.54, 1.807) is 18.5 Å². The highest BCUT2D eigenvalue weighted by molar-refractivity contribution is 7.13. The average Bonchev–Trinajstić information content (AvgIpc) is 3.11. The molecule has 120 valence electrons. The quantitative estimate of drug-likeness (QED) is 0.842. The number of fused-ring (bicyclic) bond motifs is 1. The molecule has 0 N–H and O–H groups in total. The second-order valence-corrected chi connectivity index (χ2v) is 6.91. The summed E-state index contributed by atoms with van der Waals surface area (Å²) in [6, 6.07) is 2.30. The summed E-state index contributed by atoms with van der Waals surface area (Å²) in [6.07, 6.45) is 7.14. The van der Waals surface area contributed by atoms with E-state index < -0.39 is 0 Å². The first kappa shape index (κ1) is 14.7. The molecule has 2 aliphatic rings. The lowest BCUT2D eigenvalue weighted by atomic mass is 9.99. The Labute approximate surface area is 139 Å². The van der Waals surface area contributed by atoms with Crippen LogP contribution in [0.15, 0.2) is 23.8 Å². The van der Waals surface area contributed by atoms with Crippen LogP contribution in [0.3, 0.4) is 0 Å². The fourth-order valence-electron chi connectivity index (χ4n) is 3.39. The number of nitrogens with zero attached hydrogens (tertiary/aromatic N) is 5. The summed E-state index contributed by atoms with van der Waals surface area (Å²) in [7, 11) is 0. The fourth-order valence-corrected chi connectivity index (χ4v) is 4.13. The fraction of sp³-hybridized carbons (Fsp3) is 0.500. The van der Waals surface area contributed by atoms with Gasteiger partial charge in [0.05, 0.1) is 0 Å². The molecule has 23 heavy (non-hydrogen) atoms. The van der Waals surface area contributed by atoms with Crippen molar-refractivity contribution in [2.24, 2.45) is 0 Å². The SMILES string of the molecule is O=C(c1csc(-c2ncccn2)n1)N1CCN2CCCC[C@H]2C1. The first-order valence-electron chi connectivity index (χ1n) is 8.07. The van der Waals surface area contributed by atoms with Crippen LogP contribution in [0.2, 0.25) is 0 Å². The van der Waals surface area contributed by atoms with Gasteiger partial charge < -0.3 is 4.90 Å². The molecular formula is C16H19N5OS. The molecular weight excluding hydrogens is 310 g/mol. The van der Waals surface area contributed by atoms with Crippen LogP contribution in [0.4, 0.5) is 0 Å². The van der Waals surface area contributed by atoms with Crippen LogP contribution in [0, 0.1) is 0 Å². The van der Waals surface area contributed by atoms with E-state index in [4.69, 9.17) is 0 Å². The highest BCUT2D eigenvalue weighted by Crippen LogP contribution is 2.24.